The summed E-state index contributed by atoms with van der Waals surface area (Å²) in [4.78, 5) is 16.2. The van der Waals surface area contributed by atoms with Crippen molar-refractivity contribution in [2.24, 2.45) is 0 Å². The molecule has 0 aliphatic heterocycles. The standard InChI is InChI=1S/C16H16ClN3O2/c1-10(12-4-2-3-5-13(12)17)8-14(21)18-9-15-19-16(20-22-15)11-6-7-11/h2-5,8,11H,6-7,9H2,1H3,(H,18,21)/b10-8-. The Labute approximate surface area is 133 Å². The van der Waals surface area contributed by atoms with Gasteiger partial charge in [-0.2, -0.15) is 4.98 Å². The first-order valence-corrected chi connectivity index (χ1v) is 7.55. The lowest BCUT2D eigenvalue weighted by Gasteiger charge is -2.04. The molecule has 1 amide bonds. The molecule has 1 N–H and O–H groups in total. The van der Waals surface area contributed by atoms with Gasteiger partial charge >= 0.3 is 0 Å². The van der Waals surface area contributed by atoms with Crippen LogP contribution in [0.4, 0.5) is 0 Å². The molecule has 1 aliphatic carbocycles. The van der Waals surface area contributed by atoms with Crippen LogP contribution in [0.15, 0.2) is 34.9 Å². The van der Waals surface area contributed by atoms with Crippen molar-refractivity contribution in [1.29, 1.82) is 0 Å². The molecule has 1 aliphatic rings. The number of hydrogen-bond acceptors (Lipinski definition) is 4. The fraction of sp³-hybridized carbons (Fsp3) is 0.312. The number of nitrogens with zero attached hydrogens (tertiary/aromatic N) is 2. The van der Waals surface area contributed by atoms with Crippen LogP contribution in [0.25, 0.3) is 5.57 Å². The Kier molecular flexibility index (Phi) is 4.24. The normalized spacial score (nSPS) is 14.9. The van der Waals surface area contributed by atoms with Gasteiger partial charge in [0.15, 0.2) is 5.82 Å². The summed E-state index contributed by atoms with van der Waals surface area (Å²) in [6.45, 7) is 2.07. The van der Waals surface area contributed by atoms with E-state index in [1.54, 1.807) is 6.07 Å². The van der Waals surface area contributed by atoms with Crippen LogP contribution in [0.5, 0.6) is 0 Å². The minimum Gasteiger partial charge on any atom is -0.343 e. The van der Waals surface area contributed by atoms with Crippen molar-refractivity contribution in [3.8, 4) is 0 Å². The van der Waals surface area contributed by atoms with E-state index in [0.29, 0.717) is 16.8 Å². The maximum absolute atomic E-state index is 11.9. The predicted octanol–water partition coefficient (Wildman–Crippen LogP) is 3.32. The molecule has 0 saturated heterocycles. The fourth-order valence-electron chi connectivity index (χ4n) is 2.12. The van der Waals surface area contributed by atoms with Crippen LogP contribution in [0.2, 0.25) is 5.02 Å². The van der Waals surface area contributed by atoms with Crippen LogP contribution in [0, 0.1) is 0 Å². The maximum atomic E-state index is 11.9. The second-order valence-corrected chi connectivity index (χ2v) is 5.75. The molecule has 6 heteroatoms. The first-order valence-electron chi connectivity index (χ1n) is 7.17. The van der Waals surface area contributed by atoms with Crippen molar-refractivity contribution in [1.82, 2.24) is 15.5 Å². The molecule has 114 valence electrons. The van der Waals surface area contributed by atoms with Gasteiger partial charge in [0.25, 0.3) is 0 Å². The van der Waals surface area contributed by atoms with E-state index in [1.807, 2.05) is 25.1 Å². The van der Waals surface area contributed by atoms with Crippen LogP contribution in [-0.2, 0) is 11.3 Å². The van der Waals surface area contributed by atoms with E-state index in [1.165, 1.54) is 6.08 Å². The number of benzene rings is 1. The Morgan fingerprint density at radius 1 is 1.45 bits per heavy atom. The van der Waals surface area contributed by atoms with Crippen molar-refractivity contribution in [3.05, 3.63) is 52.6 Å². The zero-order valence-corrected chi connectivity index (χ0v) is 12.9. The summed E-state index contributed by atoms with van der Waals surface area (Å²) < 4.78 is 5.11. The summed E-state index contributed by atoms with van der Waals surface area (Å²) in [7, 11) is 0. The summed E-state index contributed by atoms with van der Waals surface area (Å²) in [5, 5.41) is 7.26. The number of carbonyl (C=O) groups is 1. The highest BCUT2D eigenvalue weighted by atomic mass is 35.5. The molecular weight excluding hydrogens is 302 g/mol. The molecule has 22 heavy (non-hydrogen) atoms. The van der Waals surface area contributed by atoms with Gasteiger partial charge in [0.05, 0.1) is 6.54 Å². The molecule has 0 bridgehead atoms. The van der Waals surface area contributed by atoms with Crippen LogP contribution < -0.4 is 5.32 Å². The summed E-state index contributed by atoms with van der Waals surface area (Å²) in [6, 6.07) is 7.41. The highest BCUT2D eigenvalue weighted by molar-refractivity contribution is 6.32. The minimum atomic E-state index is -0.219. The van der Waals surface area contributed by atoms with E-state index in [0.717, 1.165) is 29.8 Å². The summed E-state index contributed by atoms with van der Waals surface area (Å²) in [5.41, 5.74) is 1.64. The number of allylic oxidation sites excluding steroid dienone is 1. The van der Waals surface area contributed by atoms with Crippen LogP contribution in [0.1, 0.15) is 43.0 Å². The van der Waals surface area contributed by atoms with Gasteiger partial charge in [-0.25, -0.2) is 0 Å². The molecule has 1 heterocycles. The van der Waals surface area contributed by atoms with E-state index < -0.39 is 0 Å². The van der Waals surface area contributed by atoms with Gasteiger partial charge in [-0.15, -0.1) is 0 Å². The van der Waals surface area contributed by atoms with Crippen LogP contribution in [-0.4, -0.2) is 16.0 Å². The first-order chi connectivity index (χ1) is 10.6. The topological polar surface area (TPSA) is 68.0 Å². The van der Waals surface area contributed by atoms with Gasteiger partial charge < -0.3 is 9.84 Å². The Morgan fingerprint density at radius 2 is 2.23 bits per heavy atom. The number of rotatable bonds is 5. The molecule has 2 aromatic rings. The number of hydrogen-bond donors (Lipinski definition) is 1. The van der Waals surface area contributed by atoms with Crippen molar-refractivity contribution in [2.45, 2.75) is 32.2 Å². The number of halogens is 1. The second kappa shape index (κ2) is 6.32. The first kappa shape index (κ1) is 14.8. The second-order valence-electron chi connectivity index (χ2n) is 5.35. The molecule has 1 saturated carbocycles. The Bertz CT molecular complexity index is 720. The largest absolute Gasteiger partial charge is 0.343 e. The quantitative estimate of drug-likeness (QED) is 0.859. The van der Waals surface area contributed by atoms with E-state index in [2.05, 4.69) is 15.5 Å². The third-order valence-corrected chi connectivity index (χ3v) is 3.82. The zero-order chi connectivity index (χ0) is 15.5. The number of carbonyl (C=O) groups excluding carboxylic acids is 1. The van der Waals surface area contributed by atoms with Gasteiger partial charge in [0, 0.05) is 17.0 Å². The van der Waals surface area contributed by atoms with Gasteiger partial charge in [-0.1, -0.05) is 35.0 Å². The Morgan fingerprint density at radius 3 is 2.95 bits per heavy atom. The number of nitrogens with one attached hydrogen (secondary N) is 1. The lowest BCUT2D eigenvalue weighted by atomic mass is 10.1. The number of amides is 1. The average molecular weight is 318 g/mol. The lowest BCUT2D eigenvalue weighted by molar-refractivity contribution is -0.116. The van der Waals surface area contributed by atoms with Crippen molar-refractivity contribution < 1.29 is 9.32 Å². The maximum Gasteiger partial charge on any atom is 0.246 e. The number of aromatic nitrogens is 2. The lowest BCUT2D eigenvalue weighted by Crippen LogP contribution is -2.20. The predicted molar refractivity (Wildman–Crippen MR) is 83.2 cm³/mol. The highest BCUT2D eigenvalue weighted by Gasteiger charge is 2.28. The van der Waals surface area contributed by atoms with E-state index in [-0.39, 0.29) is 12.5 Å². The summed E-state index contributed by atoms with van der Waals surface area (Å²) >= 11 is 6.11. The van der Waals surface area contributed by atoms with E-state index in [4.69, 9.17) is 16.1 Å². The zero-order valence-electron chi connectivity index (χ0n) is 12.2. The molecule has 1 fully saturated rings. The molecule has 1 aromatic heterocycles. The highest BCUT2D eigenvalue weighted by Crippen LogP contribution is 2.38. The van der Waals surface area contributed by atoms with E-state index in [9.17, 15) is 4.79 Å². The van der Waals surface area contributed by atoms with Gasteiger partial charge in [-0.05, 0) is 37.0 Å². The summed E-state index contributed by atoms with van der Waals surface area (Å²) in [6.07, 6.45) is 3.75. The molecule has 5 nitrogen and oxygen atoms in total. The van der Waals surface area contributed by atoms with Crippen molar-refractivity contribution in [3.63, 3.8) is 0 Å². The molecule has 0 spiro atoms. The van der Waals surface area contributed by atoms with Crippen molar-refractivity contribution in [2.75, 3.05) is 0 Å². The molecule has 0 atom stereocenters. The van der Waals surface area contributed by atoms with Crippen LogP contribution in [0.3, 0.4) is 0 Å². The van der Waals surface area contributed by atoms with Crippen LogP contribution >= 0.6 is 11.6 Å². The molecule has 0 unspecified atom stereocenters. The van der Waals surface area contributed by atoms with Gasteiger partial charge in [0.1, 0.15) is 0 Å². The minimum absolute atomic E-state index is 0.219. The third-order valence-electron chi connectivity index (χ3n) is 3.49. The van der Waals surface area contributed by atoms with E-state index >= 15 is 0 Å². The monoisotopic (exact) mass is 317 g/mol. The molecular formula is C16H16ClN3O2. The van der Waals surface area contributed by atoms with Gasteiger partial charge in [0.2, 0.25) is 11.8 Å². The average Bonchev–Trinajstić information content (AvgIpc) is 3.24. The Hall–Kier alpha value is -2.14. The molecule has 0 radical (unpaired) electrons. The fourth-order valence-corrected chi connectivity index (χ4v) is 2.40. The molecule has 1 aromatic carbocycles. The van der Waals surface area contributed by atoms with Gasteiger partial charge in [-0.3, -0.25) is 4.79 Å². The Balaban J connectivity index is 1.59. The molecule has 3 rings (SSSR count). The van der Waals surface area contributed by atoms with Crippen molar-refractivity contribution >= 4 is 23.1 Å². The summed E-state index contributed by atoms with van der Waals surface area (Å²) in [5.74, 6) is 1.39. The smallest absolute Gasteiger partial charge is 0.246 e. The third kappa shape index (κ3) is 3.54. The SMILES string of the molecule is C/C(=C/C(=O)NCc1nc(C2CC2)no1)c1ccccc1Cl.